The maximum atomic E-state index is 3.06. The summed E-state index contributed by atoms with van der Waals surface area (Å²) in [5, 5.41) is 5.37. The maximum Gasteiger partial charge on any atom is -0.171 e. The van der Waals surface area contributed by atoms with Crippen LogP contribution in [0.4, 0.5) is 0 Å². The van der Waals surface area contributed by atoms with E-state index in [1.54, 1.807) is 0 Å². The molecule has 0 aliphatic carbocycles. The average molecular weight is 684 g/mol. The van der Waals surface area contributed by atoms with Gasteiger partial charge in [0.1, 0.15) is 0 Å². The molecule has 8 aromatic carbocycles. The van der Waals surface area contributed by atoms with Gasteiger partial charge in [0, 0.05) is 0 Å². The predicted octanol–water partition coefficient (Wildman–Crippen LogP) is 11.7. The van der Waals surface area contributed by atoms with Crippen molar-refractivity contribution in [3.8, 4) is 22.3 Å². The summed E-state index contributed by atoms with van der Waals surface area (Å²) in [4.78, 5) is 0. The van der Waals surface area contributed by atoms with Gasteiger partial charge < -0.3 is 0 Å². The Morgan fingerprint density at radius 3 is 1.09 bits per heavy atom. The van der Waals surface area contributed by atoms with Gasteiger partial charge in [-0.2, -0.15) is 84.9 Å². The Labute approximate surface area is 291 Å². The first-order chi connectivity index (χ1) is 22.7. The number of hydrogen-bond acceptors (Lipinski definition) is 0. The van der Waals surface area contributed by atoms with Crippen molar-refractivity contribution in [2.45, 2.75) is 13.8 Å². The van der Waals surface area contributed by atoms with Crippen molar-refractivity contribution in [1.82, 2.24) is 0 Å². The number of benzene rings is 6. The van der Waals surface area contributed by atoms with Crippen molar-refractivity contribution in [3.63, 3.8) is 0 Å². The van der Waals surface area contributed by atoms with Crippen molar-refractivity contribution in [2.24, 2.45) is 0 Å². The van der Waals surface area contributed by atoms with Crippen LogP contribution in [-0.2, 0) is 23.3 Å². The minimum atomic E-state index is 1.29. The van der Waals surface area contributed by atoms with E-state index in [2.05, 4.69) is 154 Å². The fourth-order valence-electron chi connectivity index (χ4n) is 5.19. The molecule has 0 unspecified atom stereocenters. The van der Waals surface area contributed by atoms with Crippen molar-refractivity contribution in [1.29, 1.82) is 0 Å². The van der Waals surface area contributed by atoms with Gasteiger partial charge in [-0.25, -0.2) is 0 Å². The van der Waals surface area contributed by atoms with Gasteiger partial charge in [0.2, 0.25) is 0 Å². The molecule has 2 radical (unpaired) electrons. The normalized spacial score (nSPS) is 9.67. The van der Waals surface area contributed by atoms with Crippen LogP contribution in [-0.4, -0.2) is 6.88 Å². The van der Waals surface area contributed by atoms with Gasteiger partial charge in [0.25, 0.3) is 0 Å². The van der Waals surface area contributed by atoms with Gasteiger partial charge >= 0.3 is 30.2 Å². The summed E-state index contributed by atoms with van der Waals surface area (Å²) in [6.07, 6.45) is 0. The molecule has 2 heteroatoms. The van der Waals surface area contributed by atoms with Crippen molar-refractivity contribution in [3.05, 3.63) is 205 Å². The molecule has 0 heterocycles. The molecular weight excluding hydrogens is 648 g/mol. The van der Waals surface area contributed by atoms with Crippen molar-refractivity contribution in [2.75, 3.05) is 0 Å². The Kier molecular flexibility index (Phi) is 14.4. The summed E-state index contributed by atoms with van der Waals surface area (Å²) in [6.45, 7) is 7.36. The van der Waals surface area contributed by atoms with Gasteiger partial charge in [-0.05, 0) is 11.1 Å². The Bertz CT molecular complexity index is 1770. The third-order valence-electron chi connectivity index (χ3n) is 7.17. The third kappa shape index (κ3) is 10.3. The number of rotatable bonds is 2. The smallest absolute Gasteiger partial charge is 0.171 e. The van der Waals surface area contributed by atoms with E-state index in [1.165, 1.54) is 78.3 Å². The van der Waals surface area contributed by atoms with Gasteiger partial charge in [0.05, 0.1) is 0 Å². The van der Waals surface area contributed by atoms with Crippen LogP contribution in [0.25, 0.3) is 43.8 Å². The number of aryl methyl sites for hydroxylation is 2. The van der Waals surface area contributed by atoms with Gasteiger partial charge in [-0.1, -0.05) is 97.8 Å². The van der Waals surface area contributed by atoms with Gasteiger partial charge in [-0.15, -0.1) is 69.1 Å². The molecule has 8 rings (SSSR count). The molecule has 0 aliphatic heterocycles. The number of fused-ring (bicyclic) bond motifs is 2. The summed E-state index contributed by atoms with van der Waals surface area (Å²) < 4.78 is 0. The van der Waals surface area contributed by atoms with Crippen LogP contribution in [0.2, 0.25) is 0 Å². The molecule has 0 spiro atoms. The fraction of sp³-hybridized carbons (Fsp3) is 0.0455. The summed E-state index contributed by atoms with van der Waals surface area (Å²) in [5.41, 5.74) is 7.89. The average Bonchev–Trinajstić information content (AvgIpc) is 3.73. The summed E-state index contributed by atoms with van der Waals surface area (Å²) in [6, 6.07) is 68.1. The van der Waals surface area contributed by atoms with E-state index in [-0.39, 0.29) is 0 Å². The topological polar surface area (TPSA) is 0 Å². The molecule has 0 amide bonds. The van der Waals surface area contributed by atoms with Gasteiger partial charge in [0.15, 0.2) is 0 Å². The Morgan fingerprint density at radius 1 is 0.435 bits per heavy atom. The second kappa shape index (κ2) is 19.2. The minimum absolute atomic E-state index is 1.29. The molecule has 0 aromatic heterocycles. The summed E-state index contributed by atoms with van der Waals surface area (Å²) >= 11 is 1.36. The molecule has 0 aliphatic rings. The zero-order valence-corrected chi connectivity index (χ0v) is 29.8. The van der Waals surface area contributed by atoms with E-state index in [9.17, 15) is 0 Å². The second-order valence-electron chi connectivity index (χ2n) is 10.6. The monoisotopic (exact) mass is 682 g/mol. The first kappa shape index (κ1) is 34.5. The van der Waals surface area contributed by atoms with E-state index in [0.29, 0.717) is 0 Å². The van der Waals surface area contributed by atoms with E-state index in [1.807, 2.05) is 60.7 Å². The molecule has 0 saturated heterocycles. The second-order valence-corrected chi connectivity index (χ2v) is 10.6. The van der Waals surface area contributed by atoms with Crippen molar-refractivity contribution >= 4 is 28.4 Å². The number of hydrogen-bond donors (Lipinski definition) is 0. The molecule has 224 valence electrons. The zero-order valence-electron chi connectivity index (χ0n) is 26.3. The molecule has 46 heavy (non-hydrogen) atoms. The quantitative estimate of drug-likeness (QED) is 0.126. The zero-order chi connectivity index (χ0) is 32.4. The first-order valence-electron chi connectivity index (χ1n) is 15.2. The SMILES string of the molecule is Cc1cc2c(-c3ccccc3)cccc2[cH-]1.Cc1cc2c(-c3ccccc3)cccc2[cH-]1.[Si]=[Zr].[c-]1ccccc1.[c-]1ccccc1. The third-order valence-corrected chi connectivity index (χ3v) is 7.17. The molecular formula is C44H36SiZr-4. The molecule has 0 saturated carbocycles. The standard InChI is InChI=1S/2C16H13.2C6H5.Si.Zr/c2*1-12-10-14-8-5-9-15(16(14)11-12)13-6-3-2-4-7-13;2*1-2-4-6-5-3-1;;/h2*2-11H,1H3;2*1-5H;;/q4*-1;;. The van der Waals surface area contributed by atoms with E-state index in [4.69, 9.17) is 0 Å². The van der Waals surface area contributed by atoms with Crippen LogP contribution in [0.3, 0.4) is 0 Å². The fourth-order valence-corrected chi connectivity index (χ4v) is 5.19. The van der Waals surface area contributed by atoms with E-state index >= 15 is 0 Å². The molecule has 0 fully saturated rings. The van der Waals surface area contributed by atoms with Crippen LogP contribution in [0, 0.1) is 26.0 Å². The van der Waals surface area contributed by atoms with Crippen LogP contribution in [0.15, 0.2) is 182 Å². The Balaban J connectivity index is 0.000000149. The Hall–Kier alpha value is -4.36. The first-order valence-corrected chi connectivity index (χ1v) is 19.4. The van der Waals surface area contributed by atoms with Crippen LogP contribution in [0.1, 0.15) is 11.1 Å². The largest absolute Gasteiger partial charge is 0.184 e. The molecule has 0 atom stereocenters. The van der Waals surface area contributed by atoms with Crippen molar-refractivity contribution < 1.29 is 23.3 Å². The van der Waals surface area contributed by atoms with Gasteiger partial charge in [-0.3, -0.25) is 0 Å². The van der Waals surface area contributed by atoms with E-state index < -0.39 is 0 Å². The molecule has 0 bridgehead atoms. The Morgan fingerprint density at radius 2 is 0.783 bits per heavy atom. The van der Waals surface area contributed by atoms with Crippen LogP contribution >= 0.6 is 0 Å². The minimum Gasteiger partial charge on any atom is -0.184 e. The van der Waals surface area contributed by atoms with Crippen LogP contribution in [0.5, 0.6) is 0 Å². The molecule has 0 nitrogen and oxygen atoms in total. The molecule has 0 N–H and O–H groups in total. The predicted molar refractivity (Wildman–Crippen MR) is 196 cm³/mol. The summed E-state index contributed by atoms with van der Waals surface area (Å²) in [5.74, 6) is 0. The molecule has 8 aromatic rings. The maximum absolute atomic E-state index is 3.06. The van der Waals surface area contributed by atoms with E-state index in [0.717, 1.165) is 0 Å². The summed E-state index contributed by atoms with van der Waals surface area (Å²) in [7, 11) is 0. The van der Waals surface area contributed by atoms with Crippen LogP contribution < -0.4 is 0 Å².